The predicted molar refractivity (Wildman–Crippen MR) is 122 cm³/mol. The normalized spacial score (nSPS) is 12.5. The van der Waals surface area contributed by atoms with Gasteiger partial charge in [-0.2, -0.15) is 0 Å². The first kappa shape index (κ1) is 19.8. The number of nitrogens with zero attached hydrogens (tertiary/aromatic N) is 2. The Kier molecular flexibility index (Phi) is 5.07. The molecule has 3 aromatic carbocycles. The van der Waals surface area contributed by atoms with Crippen LogP contribution in [0.25, 0.3) is 10.9 Å². The Morgan fingerprint density at radius 2 is 1.66 bits per heavy atom. The lowest BCUT2D eigenvalue weighted by Crippen LogP contribution is -2.02. The summed E-state index contributed by atoms with van der Waals surface area (Å²) >= 11 is 0. The lowest BCUT2D eigenvalue weighted by Gasteiger charge is -2.16. The minimum atomic E-state index is 0.0773. The molecule has 32 heavy (non-hydrogen) atoms. The van der Waals surface area contributed by atoms with Gasteiger partial charge in [0.1, 0.15) is 23.6 Å². The van der Waals surface area contributed by atoms with Crippen molar-refractivity contribution in [3.05, 3.63) is 72.1 Å². The second-order valence-corrected chi connectivity index (χ2v) is 7.37. The van der Waals surface area contributed by atoms with E-state index in [4.69, 9.17) is 14.2 Å². The van der Waals surface area contributed by atoms with Crippen LogP contribution < -0.4 is 19.5 Å². The summed E-state index contributed by atoms with van der Waals surface area (Å²) in [5.74, 6) is 3.14. The zero-order chi connectivity index (χ0) is 22.1. The number of carbonyl (C=O) groups is 1. The van der Waals surface area contributed by atoms with Crippen molar-refractivity contribution >= 4 is 28.2 Å². The molecule has 0 saturated heterocycles. The Hall–Kier alpha value is -4.13. The Morgan fingerprint density at radius 1 is 0.875 bits per heavy atom. The van der Waals surface area contributed by atoms with Gasteiger partial charge >= 0.3 is 0 Å². The standard InChI is InChI=1S/C25H21N3O4/c1-30-22-12-17-19(13-23(22)31-2)26-14-27-25(17)28-18-9-11-21(24-16(18)8-10-20(24)29)32-15-6-4-3-5-7-15/h3-7,9,11-14H,8,10H2,1-2H3,(H,26,27,28). The molecular weight excluding hydrogens is 406 g/mol. The van der Waals surface area contributed by atoms with Gasteiger partial charge in [0.15, 0.2) is 17.3 Å². The maximum absolute atomic E-state index is 12.7. The fraction of sp³-hybridized carbons (Fsp3) is 0.160. The highest BCUT2D eigenvalue weighted by Crippen LogP contribution is 2.40. The lowest BCUT2D eigenvalue weighted by molar-refractivity contribution is 0.0992. The van der Waals surface area contributed by atoms with Crippen LogP contribution in [0.5, 0.6) is 23.0 Å². The van der Waals surface area contributed by atoms with Gasteiger partial charge in [-0.05, 0) is 42.3 Å². The summed E-state index contributed by atoms with van der Waals surface area (Å²) in [6.07, 6.45) is 2.59. The molecule has 1 aliphatic carbocycles. The molecule has 5 rings (SSSR count). The Morgan fingerprint density at radius 3 is 2.44 bits per heavy atom. The van der Waals surface area contributed by atoms with E-state index in [9.17, 15) is 4.79 Å². The van der Waals surface area contributed by atoms with Crippen LogP contribution in [-0.2, 0) is 6.42 Å². The van der Waals surface area contributed by atoms with Crippen molar-refractivity contribution in [3.8, 4) is 23.0 Å². The van der Waals surface area contributed by atoms with Gasteiger partial charge in [-0.3, -0.25) is 4.79 Å². The molecule has 1 N–H and O–H groups in total. The van der Waals surface area contributed by atoms with Gasteiger partial charge in [-0.1, -0.05) is 18.2 Å². The van der Waals surface area contributed by atoms with Crippen LogP contribution in [0.3, 0.4) is 0 Å². The van der Waals surface area contributed by atoms with Crippen LogP contribution in [0.15, 0.2) is 60.9 Å². The van der Waals surface area contributed by atoms with Gasteiger partial charge in [0, 0.05) is 23.6 Å². The average molecular weight is 427 g/mol. The number of aromatic nitrogens is 2. The quantitative estimate of drug-likeness (QED) is 0.446. The maximum atomic E-state index is 12.7. The Labute approximate surface area is 185 Å². The minimum Gasteiger partial charge on any atom is -0.493 e. The summed E-state index contributed by atoms with van der Waals surface area (Å²) in [7, 11) is 3.17. The van der Waals surface area contributed by atoms with Crippen LogP contribution in [0.1, 0.15) is 22.3 Å². The molecule has 160 valence electrons. The van der Waals surface area contributed by atoms with Crippen molar-refractivity contribution in [2.75, 3.05) is 19.5 Å². The molecule has 1 aromatic heterocycles. The number of carbonyl (C=O) groups excluding carboxylic acids is 1. The first-order valence-electron chi connectivity index (χ1n) is 10.2. The second-order valence-electron chi connectivity index (χ2n) is 7.37. The van der Waals surface area contributed by atoms with Crippen LogP contribution in [-0.4, -0.2) is 30.0 Å². The molecule has 0 unspecified atom stereocenters. The number of ketones is 1. The Balaban J connectivity index is 1.55. The highest BCUT2D eigenvalue weighted by atomic mass is 16.5. The van der Waals surface area contributed by atoms with Gasteiger partial charge in [0.2, 0.25) is 0 Å². The molecule has 4 aromatic rings. The monoisotopic (exact) mass is 427 g/mol. The number of benzene rings is 3. The summed E-state index contributed by atoms with van der Waals surface area (Å²) in [6, 6.07) is 16.9. The minimum absolute atomic E-state index is 0.0773. The number of methoxy groups -OCH3 is 2. The maximum Gasteiger partial charge on any atom is 0.167 e. The van der Waals surface area contributed by atoms with Gasteiger partial charge in [0.25, 0.3) is 0 Å². The number of ether oxygens (including phenoxy) is 3. The molecule has 0 bridgehead atoms. The van der Waals surface area contributed by atoms with E-state index in [-0.39, 0.29) is 5.78 Å². The van der Waals surface area contributed by atoms with Crippen molar-refractivity contribution in [1.29, 1.82) is 0 Å². The molecule has 0 spiro atoms. The molecule has 7 heteroatoms. The number of fused-ring (bicyclic) bond motifs is 2. The number of nitrogens with one attached hydrogen (secondary N) is 1. The fourth-order valence-corrected chi connectivity index (χ4v) is 3.98. The fourth-order valence-electron chi connectivity index (χ4n) is 3.98. The zero-order valence-electron chi connectivity index (χ0n) is 17.7. The van der Waals surface area contributed by atoms with E-state index in [1.54, 1.807) is 14.2 Å². The lowest BCUT2D eigenvalue weighted by atomic mass is 10.1. The molecule has 0 saturated carbocycles. The van der Waals surface area contributed by atoms with Crippen molar-refractivity contribution in [3.63, 3.8) is 0 Å². The molecule has 1 aliphatic rings. The third-order valence-corrected chi connectivity index (χ3v) is 5.52. The number of hydrogen-bond acceptors (Lipinski definition) is 7. The van der Waals surface area contributed by atoms with Crippen LogP contribution in [0.2, 0.25) is 0 Å². The Bertz CT molecular complexity index is 1320. The van der Waals surface area contributed by atoms with E-state index in [0.29, 0.717) is 47.2 Å². The number of para-hydroxylation sites is 1. The molecular formula is C25H21N3O4. The topological polar surface area (TPSA) is 82.6 Å². The summed E-state index contributed by atoms with van der Waals surface area (Å²) in [6.45, 7) is 0. The molecule has 0 amide bonds. The largest absolute Gasteiger partial charge is 0.493 e. The third-order valence-electron chi connectivity index (χ3n) is 5.52. The van der Waals surface area contributed by atoms with E-state index in [1.807, 2.05) is 54.6 Å². The molecule has 0 aliphatic heterocycles. The molecule has 0 radical (unpaired) electrons. The predicted octanol–water partition coefficient (Wildman–Crippen LogP) is 5.31. The van der Waals surface area contributed by atoms with E-state index in [0.717, 1.165) is 22.2 Å². The summed E-state index contributed by atoms with van der Waals surface area (Å²) in [4.78, 5) is 21.5. The first-order chi connectivity index (χ1) is 15.7. The van der Waals surface area contributed by atoms with E-state index in [2.05, 4.69) is 15.3 Å². The number of Topliss-reactive ketones (excluding diaryl/α,β-unsaturated/α-hetero) is 1. The van der Waals surface area contributed by atoms with E-state index < -0.39 is 0 Å². The second kappa shape index (κ2) is 8.19. The van der Waals surface area contributed by atoms with Crippen molar-refractivity contribution in [1.82, 2.24) is 9.97 Å². The van der Waals surface area contributed by atoms with Gasteiger partial charge in [-0.15, -0.1) is 0 Å². The molecule has 0 atom stereocenters. The average Bonchev–Trinajstić information content (AvgIpc) is 3.22. The molecule has 0 fully saturated rings. The smallest absolute Gasteiger partial charge is 0.167 e. The van der Waals surface area contributed by atoms with Crippen LogP contribution in [0, 0.1) is 0 Å². The third kappa shape index (κ3) is 3.47. The van der Waals surface area contributed by atoms with Gasteiger partial charge < -0.3 is 19.5 Å². The number of anilines is 2. The summed E-state index contributed by atoms with van der Waals surface area (Å²) < 4.78 is 16.8. The zero-order valence-corrected chi connectivity index (χ0v) is 17.7. The van der Waals surface area contributed by atoms with E-state index in [1.165, 1.54) is 6.33 Å². The number of hydrogen-bond donors (Lipinski definition) is 1. The van der Waals surface area contributed by atoms with Crippen molar-refractivity contribution in [2.24, 2.45) is 0 Å². The highest BCUT2D eigenvalue weighted by Gasteiger charge is 2.27. The van der Waals surface area contributed by atoms with Gasteiger partial charge in [0.05, 0.1) is 25.3 Å². The van der Waals surface area contributed by atoms with Crippen LogP contribution >= 0.6 is 0 Å². The summed E-state index contributed by atoms with van der Waals surface area (Å²) in [5, 5.41) is 4.18. The molecule has 1 heterocycles. The van der Waals surface area contributed by atoms with Crippen molar-refractivity contribution < 1.29 is 19.0 Å². The van der Waals surface area contributed by atoms with E-state index >= 15 is 0 Å². The number of rotatable bonds is 6. The SMILES string of the molecule is COc1cc2ncnc(Nc3ccc(Oc4ccccc4)c4c3CCC4=O)c2cc1OC. The van der Waals surface area contributed by atoms with Gasteiger partial charge in [-0.25, -0.2) is 9.97 Å². The van der Waals surface area contributed by atoms with Crippen molar-refractivity contribution in [2.45, 2.75) is 12.8 Å². The summed E-state index contributed by atoms with van der Waals surface area (Å²) in [5.41, 5.74) is 3.09. The molecule has 7 nitrogen and oxygen atoms in total. The first-order valence-corrected chi connectivity index (χ1v) is 10.2. The van der Waals surface area contributed by atoms with Crippen LogP contribution in [0.4, 0.5) is 11.5 Å². The highest BCUT2D eigenvalue weighted by molar-refractivity contribution is 6.05.